The van der Waals surface area contributed by atoms with Crippen LogP contribution in [0, 0.1) is 5.92 Å². The molecule has 0 aliphatic carbocycles. The van der Waals surface area contributed by atoms with Gasteiger partial charge in [-0.05, 0) is 29.7 Å². The normalized spacial score (nSPS) is 12.9. The number of benzene rings is 2. The fourth-order valence-corrected chi connectivity index (χ4v) is 3.24. The first kappa shape index (κ1) is 22.1. The number of nitrogens with zero attached hydrogens (tertiary/aromatic N) is 1. The summed E-state index contributed by atoms with van der Waals surface area (Å²) in [5, 5.41) is 12.6. The van der Waals surface area contributed by atoms with E-state index < -0.39 is 17.4 Å². The van der Waals surface area contributed by atoms with Gasteiger partial charge in [0.05, 0.1) is 0 Å². The van der Waals surface area contributed by atoms with E-state index in [2.05, 4.69) is 5.32 Å². The zero-order valence-corrected chi connectivity index (χ0v) is 17.3. The number of nitrogens with one attached hydrogen (secondary N) is 1. The van der Waals surface area contributed by atoms with Crippen LogP contribution in [0.25, 0.3) is 0 Å². The summed E-state index contributed by atoms with van der Waals surface area (Å²) >= 11 is 0. The highest BCUT2D eigenvalue weighted by atomic mass is 16.4. The predicted molar refractivity (Wildman–Crippen MR) is 111 cm³/mol. The molecule has 0 saturated carbocycles. The van der Waals surface area contributed by atoms with Gasteiger partial charge in [0.1, 0.15) is 0 Å². The van der Waals surface area contributed by atoms with E-state index in [1.807, 2.05) is 13.8 Å². The summed E-state index contributed by atoms with van der Waals surface area (Å²) < 4.78 is 0. The van der Waals surface area contributed by atoms with Crippen molar-refractivity contribution >= 4 is 17.8 Å². The van der Waals surface area contributed by atoms with Gasteiger partial charge in [-0.1, -0.05) is 63.2 Å². The molecule has 1 unspecified atom stereocenters. The Labute approximate surface area is 171 Å². The quantitative estimate of drug-likeness (QED) is 0.716. The largest absolute Gasteiger partial charge is 0.479 e. The maximum Gasteiger partial charge on any atom is 0.334 e. The van der Waals surface area contributed by atoms with Gasteiger partial charge in [0.15, 0.2) is 5.54 Å². The SMILES string of the molecule is CCC(NC(=O)c1ccc(CN(C)C(=O)C(C)C)cc1)(C(=O)O)c1ccccc1. The topological polar surface area (TPSA) is 86.7 Å². The molecule has 0 aromatic heterocycles. The molecule has 2 amide bonds. The van der Waals surface area contributed by atoms with E-state index in [9.17, 15) is 19.5 Å². The van der Waals surface area contributed by atoms with E-state index in [0.29, 0.717) is 17.7 Å². The van der Waals surface area contributed by atoms with E-state index in [-0.39, 0.29) is 18.2 Å². The van der Waals surface area contributed by atoms with Crippen LogP contribution >= 0.6 is 0 Å². The van der Waals surface area contributed by atoms with Crippen LogP contribution in [0.3, 0.4) is 0 Å². The molecule has 0 aliphatic rings. The van der Waals surface area contributed by atoms with Gasteiger partial charge in [0, 0.05) is 25.1 Å². The highest BCUT2D eigenvalue weighted by molar-refractivity contribution is 5.98. The van der Waals surface area contributed by atoms with E-state index in [1.165, 1.54) is 0 Å². The molecule has 0 aliphatic heterocycles. The monoisotopic (exact) mass is 396 g/mol. The van der Waals surface area contributed by atoms with Gasteiger partial charge in [-0.2, -0.15) is 0 Å². The zero-order chi connectivity index (χ0) is 21.6. The van der Waals surface area contributed by atoms with Crippen LogP contribution in [0.2, 0.25) is 0 Å². The summed E-state index contributed by atoms with van der Waals surface area (Å²) in [7, 11) is 1.74. The number of carbonyl (C=O) groups excluding carboxylic acids is 2. The van der Waals surface area contributed by atoms with Crippen molar-refractivity contribution in [3.05, 3.63) is 71.3 Å². The third-order valence-electron chi connectivity index (χ3n) is 4.99. The number of carboxylic acid groups (broad SMARTS) is 1. The average molecular weight is 396 g/mol. The molecular formula is C23H28N2O4. The van der Waals surface area contributed by atoms with Crippen molar-refractivity contribution in [1.29, 1.82) is 0 Å². The third-order valence-corrected chi connectivity index (χ3v) is 4.99. The molecule has 0 spiro atoms. The van der Waals surface area contributed by atoms with Crippen molar-refractivity contribution < 1.29 is 19.5 Å². The number of hydrogen-bond acceptors (Lipinski definition) is 3. The maximum atomic E-state index is 12.8. The highest BCUT2D eigenvalue weighted by Crippen LogP contribution is 2.26. The Bertz CT molecular complexity index is 862. The van der Waals surface area contributed by atoms with E-state index in [4.69, 9.17) is 0 Å². The smallest absolute Gasteiger partial charge is 0.334 e. The summed E-state index contributed by atoms with van der Waals surface area (Å²) in [6.07, 6.45) is 0.207. The second kappa shape index (κ2) is 9.37. The Morgan fingerprint density at radius 2 is 1.62 bits per heavy atom. The lowest BCUT2D eigenvalue weighted by atomic mass is 9.87. The number of amides is 2. The van der Waals surface area contributed by atoms with Crippen LogP contribution < -0.4 is 5.32 Å². The number of carboxylic acids is 1. The van der Waals surface area contributed by atoms with Gasteiger partial charge >= 0.3 is 5.97 Å². The predicted octanol–water partition coefficient (Wildman–Crippen LogP) is 3.42. The van der Waals surface area contributed by atoms with Crippen LogP contribution in [0.1, 0.15) is 48.7 Å². The lowest BCUT2D eigenvalue weighted by molar-refractivity contribution is -0.145. The summed E-state index contributed by atoms with van der Waals surface area (Å²) in [4.78, 5) is 38.5. The minimum atomic E-state index is -1.50. The second-order valence-corrected chi connectivity index (χ2v) is 7.43. The molecule has 0 fully saturated rings. The molecule has 1 atom stereocenters. The number of rotatable bonds is 8. The summed E-state index contributed by atoms with van der Waals surface area (Å²) in [5.41, 5.74) is 0.275. The minimum absolute atomic E-state index is 0.0452. The zero-order valence-electron chi connectivity index (χ0n) is 17.3. The van der Waals surface area contributed by atoms with Gasteiger partial charge in [0.25, 0.3) is 5.91 Å². The number of aliphatic carboxylic acids is 1. The summed E-state index contributed by atoms with van der Waals surface area (Å²) in [6.45, 7) is 5.87. The molecule has 154 valence electrons. The fourth-order valence-electron chi connectivity index (χ4n) is 3.24. The molecule has 6 nitrogen and oxygen atoms in total. The Morgan fingerprint density at radius 3 is 2.10 bits per heavy atom. The van der Waals surface area contributed by atoms with Crippen LogP contribution in [0.5, 0.6) is 0 Å². The lowest BCUT2D eigenvalue weighted by Crippen LogP contribution is -2.51. The molecular weight excluding hydrogens is 368 g/mol. The number of carbonyl (C=O) groups is 3. The molecule has 2 rings (SSSR count). The van der Waals surface area contributed by atoms with Gasteiger partial charge < -0.3 is 15.3 Å². The van der Waals surface area contributed by atoms with Crippen molar-refractivity contribution in [3.63, 3.8) is 0 Å². The van der Waals surface area contributed by atoms with Crippen molar-refractivity contribution in [2.45, 2.75) is 39.3 Å². The van der Waals surface area contributed by atoms with Crippen LogP contribution in [0.15, 0.2) is 54.6 Å². The molecule has 2 N–H and O–H groups in total. The molecule has 2 aromatic carbocycles. The molecule has 6 heteroatoms. The van der Waals surface area contributed by atoms with Crippen LogP contribution in [-0.4, -0.2) is 34.8 Å². The third kappa shape index (κ3) is 5.02. The molecule has 0 saturated heterocycles. The van der Waals surface area contributed by atoms with Crippen molar-refractivity contribution in [3.8, 4) is 0 Å². The van der Waals surface area contributed by atoms with E-state index in [0.717, 1.165) is 5.56 Å². The Hall–Kier alpha value is -3.15. The molecule has 29 heavy (non-hydrogen) atoms. The standard InChI is InChI=1S/C23H28N2O4/c1-5-23(22(28)29,19-9-7-6-8-10-19)24-20(26)18-13-11-17(12-14-18)15-25(4)21(27)16(2)3/h6-14,16H,5,15H2,1-4H3,(H,24,26)(H,28,29). The van der Waals surface area contributed by atoms with E-state index >= 15 is 0 Å². The average Bonchev–Trinajstić information content (AvgIpc) is 2.72. The Balaban J connectivity index is 2.19. The number of hydrogen-bond donors (Lipinski definition) is 2. The van der Waals surface area contributed by atoms with E-state index in [1.54, 1.807) is 73.5 Å². The van der Waals surface area contributed by atoms with Crippen molar-refractivity contribution in [1.82, 2.24) is 10.2 Å². The highest BCUT2D eigenvalue weighted by Gasteiger charge is 2.40. The summed E-state index contributed by atoms with van der Waals surface area (Å²) in [6, 6.07) is 15.5. The molecule has 0 heterocycles. The first-order chi connectivity index (χ1) is 13.7. The molecule has 0 bridgehead atoms. The first-order valence-corrected chi connectivity index (χ1v) is 9.66. The Morgan fingerprint density at radius 1 is 1.03 bits per heavy atom. The maximum absolute atomic E-state index is 12.8. The van der Waals surface area contributed by atoms with Gasteiger partial charge in [-0.15, -0.1) is 0 Å². The Kier molecular flexibility index (Phi) is 7.15. The summed E-state index contributed by atoms with van der Waals surface area (Å²) in [5.74, 6) is -1.61. The molecule has 0 radical (unpaired) electrons. The van der Waals surface area contributed by atoms with Crippen LogP contribution in [0.4, 0.5) is 0 Å². The van der Waals surface area contributed by atoms with Crippen molar-refractivity contribution in [2.24, 2.45) is 5.92 Å². The first-order valence-electron chi connectivity index (χ1n) is 9.66. The van der Waals surface area contributed by atoms with Crippen LogP contribution in [-0.2, 0) is 21.7 Å². The van der Waals surface area contributed by atoms with Gasteiger partial charge in [-0.25, -0.2) is 4.79 Å². The minimum Gasteiger partial charge on any atom is -0.479 e. The van der Waals surface area contributed by atoms with Gasteiger partial charge in [0.2, 0.25) is 5.91 Å². The van der Waals surface area contributed by atoms with Crippen molar-refractivity contribution in [2.75, 3.05) is 7.05 Å². The lowest BCUT2D eigenvalue weighted by Gasteiger charge is -2.30. The molecule has 2 aromatic rings. The second-order valence-electron chi connectivity index (χ2n) is 7.43. The van der Waals surface area contributed by atoms with Gasteiger partial charge in [-0.3, -0.25) is 9.59 Å². The fraction of sp³-hybridized carbons (Fsp3) is 0.348.